The molecule has 2 N–H and O–H groups in total. The maximum Gasteiger partial charge on any atom is 0.313 e. The predicted octanol–water partition coefficient (Wildman–Crippen LogP) is 1.84. The fraction of sp³-hybridized carbons (Fsp3) is 0.611. The number of morpholine rings is 1. The van der Waals surface area contributed by atoms with Crippen LogP contribution in [0.1, 0.15) is 51.2 Å². The van der Waals surface area contributed by atoms with Crippen molar-refractivity contribution in [2.24, 2.45) is 11.8 Å². The zero-order valence-corrected chi connectivity index (χ0v) is 28.1. The van der Waals surface area contributed by atoms with Gasteiger partial charge in [-0.05, 0) is 38.7 Å². The van der Waals surface area contributed by atoms with E-state index < -0.39 is 59.6 Å². The number of aliphatic hydroxyl groups excluding tert-OH is 1. The molecule has 1 aromatic rings. The van der Waals surface area contributed by atoms with Gasteiger partial charge in [-0.1, -0.05) is 42.5 Å². The van der Waals surface area contributed by atoms with E-state index in [1.54, 1.807) is 30.9 Å². The number of nitrogens with one attached hydrogen (secondary N) is 1. The van der Waals surface area contributed by atoms with E-state index >= 15 is 0 Å². The number of allylic oxidation sites excluding steroid dienone is 1. The first-order valence-electron chi connectivity index (χ1n) is 17.1. The van der Waals surface area contributed by atoms with Crippen molar-refractivity contribution in [1.82, 2.24) is 20.0 Å². The number of carbonyl (C=O) groups excluding carboxylic acids is 4. The second kappa shape index (κ2) is 15.8. The van der Waals surface area contributed by atoms with Crippen LogP contribution in [0.2, 0.25) is 0 Å². The Hall–Kier alpha value is -3.58. The molecule has 8 atom stereocenters. The minimum Gasteiger partial charge on any atom is -0.455 e. The van der Waals surface area contributed by atoms with Crippen LogP contribution >= 0.6 is 0 Å². The van der Waals surface area contributed by atoms with Crippen LogP contribution in [0.15, 0.2) is 55.6 Å². The summed E-state index contributed by atoms with van der Waals surface area (Å²) in [4.78, 5) is 61.1. The molecule has 4 saturated heterocycles. The van der Waals surface area contributed by atoms with Crippen molar-refractivity contribution in [3.8, 4) is 0 Å². The van der Waals surface area contributed by atoms with E-state index in [-0.39, 0.29) is 31.4 Å². The molecule has 262 valence electrons. The number of hydrogen-bond donors (Lipinski definition) is 2. The second-order valence-electron chi connectivity index (χ2n) is 13.3. The fourth-order valence-electron chi connectivity index (χ4n) is 7.85. The minimum atomic E-state index is -1.24. The van der Waals surface area contributed by atoms with Crippen molar-refractivity contribution in [3.05, 3.63) is 61.2 Å². The number of fused-ring (bicyclic) bond motifs is 1. The summed E-state index contributed by atoms with van der Waals surface area (Å²) >= 11 is 0. The highest BCUT2D eigenvalue weighted by Crippen LogP contribution is 2.59. The van der Waals surface area contributed by atoms with Gasteiger partial charge in [0.25, 0.3) is 0 Å². The van der Waals surface area contributed by atoms with Crippen molar-refractivity contribution in [3.63, 3.8) is 0 Å². The number of hydrogen-bond acceptors (Lipinski definition) is 9. The first-order chi connectivity index (χ1) is 23.2. The standard InChI is InChI=1S/C36H50N4O8/c1-5-7-13-28(42)37-25(4)31(26-11-9-8-10-12-26)47-35(45)29-27-14-15-36(48-27)30(29)33(43)40(24(3)23-41)32(36)34(44)39(16-6-2)18-17-38-19-21-46-22-20-38/h5-6,8-12,24-25,27,29-32,41H,1-2,7,13-23H2,3-4H3,(H,37,42)/t24-,25+,27-,29+,30+,31+,32-,36+/m1/s1. The number of rotatable bonds is 16. The van der Waals surface area contributed by atoms with Gasteiger partial charge in [-0.15, -0.1) is 13.2 Å². The van der Waals surface area contributed by atoms with Crippen molar-refractivity contribution in [2.45, 2.75) is 75.5 Å². The molecular weight excluding hydrogens is 616 g/mol. The maximum atomic E-state index is 14.5. The van der Waals surface area contributed by atoms with E-state index in [0.29, 0.717) is 51.1 Å². The monoisotopic (exact) mass is 666 g/mol. The highest BCUT2D eigenvalue weighted by Gasteiger charge is 2.75. The molecule has 4 heterocycles. The van der Waals surface area contributed by atoms with Gasteiger partial charge in [0.1, 0.15) is 17.7 Å². The third kappa shape index (κ3) is 7.08. The molecule has 0 radical (unpaired) electrons. The van der Waals surface area contributed by atoms with Crippen LogP contribution in [-0.4, -0.2) is 126 Å². The number of ether oxygens (including phenoxy) is 3. The predicted molar refractivity (Wildman–Crippen MR) is 177 cm³/mol. The summed E-state index contributed by atoms with van der Waals surface area (Å²) in [6, 6.07) is 6.90. The van der Waals surface area contributed by atoms with E-state index in [4.69, 9.17) is 14.2 Å². The van der Waals surface area contributed by atoms with Crippen LogP contribution in [0, 0.1) is 11.8 Å². The Morgan fingerprint density at radius 1 is 1.17 bits per heavy atom. The summed E-state index contributed by atoms with van der Waals surface area (Å²) in [5.74, 6) is -3.39. The zero-order valence-electron chi connectivity index (χ0n) is 28.1. The number of aliphatic hydroxyl groups is 1. The number of benzene rings is 1. The molecular formula is C36H50N4O8. The van der Waals surface area contributed by atoms with E-state index in [9.17, 15) is 24.3 Å². The summed E-state index contributed by atoms with van der Waals surface area (Å²) in [5.41, 5.74) is -0.542. The Kier molecular flexibility index (Phi) is 11.7. The van der Waals surface area contributed by atoms with Gasteiger partial charge in [-0.2, -0.15) is 0 Å². The van der Waals surface area contributed by atoms with Gasteiger partial charge in [-0.25, -0.2) is 0 Å². The molecule has 4 fully saturated rings. The first-order valence-corrected chi connectivity index (χ1v) is 17.1. The third-order valence-electron chi connectivity index (χ3n) is 10.2. The zero-order chi connectivity index (χ0) is 34.4. The van der Waals surface area contributed by atoms with Gasteiger partial charge in [-0.3, -0.25) is 24.1 Å². The molecule has 48 heavy (non-hydrogen) atoms. The van der Waals surface area contributed by atoms with E-state index in [1.165, 1.54) is 4.90 Å². The lowest BCUT2D eigenvalue weighted by atomic mass is 9.70. The molecule has 12 nitrogen and oxygen atoms in total. The normalized spacial score (nSPS) is 28.3. The summed E-state index contributed by atoms with van der Waals surface area (Å²) in [5, 5.41) is 13.2. The SMILES string of the molecule is C=CCCC(=O)N[C@@H](C)[C@H](OC(=O)[C@@H]1[C@H]2C(=O)N([C@H](C)CO)[C@H](C(=O)N(CC=C)CCN3CCOCC3)[C@]23CC[C@H]1O3)c1ccccc1. The average molecular weight is 667 g/mol. The van der Waals surface area contributed by atoms with E-state index in [0.717, 1.165) is 13.1 Å². The van der Waals surface area contributed by atoms with Gasteiger partial charge in [0.2, 0.25) is 17.7 Å². The lowest BCUT2D eigenvalue weighted by molar-refractivity contribution is -0.162. The number of likely N-dealkylation sites (tertiary alicyclic amines) is 1. The van der Waals surface area contributed by atoms with Crippen molar-refractivity contribution in [2.75, 3.05) is 52.5 Å². The molecule has 0 unspecified atom stereocenters. The Labute approximate surface area is 283 Å². The summed E-state index contributed by atoms with van der Waals surface area (Å²) in [7, 11) is 0. The third-order valence-corrected chi connectivity index (χ3v) is 10.2. The van der Waals surface area contributed by atoms with Crippen molar-refractivity contribution in [1.29, 1.82) is 0 Å². The van der Waals surface area contributed by atoms with E-state index in [1.807, 2.05) is 30.3 Å². The lowest BCUT2D eigenvalue weighted by Gasteiger charge is -2.39. The lowest BCUT2D eigenvalue weighted by Crippen LogP contribution is -2.59. The maximum absolute atomic E-state index is 14.5. The van der Waals surface area contributed by atoms with Gasteiger partial charge in [0, 0.05) is 39.1 Å². The highest BCUT2D eigenvalue weighted by atomic mass is 16.6. The highest BCUT2D eigenvalue weighted by molar-refractivity contribution is 5.98. The topological polar surface area (TPSA) is 138 Å². The Bertz CT molecular complexity index is 1340. The quantitative estimate of drug-likeness (QED) is 0.200. The minimum absolute atomic E-state index is 0.194. The molecule has 1 spiro atoms. The summed E-state index contributed by atoms with van der Waals surface area (Å²) < 4.78 is 18.3. The Balaban J connectivity index is 1.41. The molecule has 4 aliphatic heterocycles. The molecule has 0 saturated carbocycles. The molecule has 0 aliphatic carbocycles. The molecule has 4 aliphatic rings. The van der Waals surface area contributed by atoms with Gasteiger partial charge >= 0.3 is 5.97 Å². The number of amides is 3. The molecule has 0 aromatic heterocycles. The molecule has 3 amide bonds. The number of esters is 1. The molecule has 2 bridgehead atoms. The Morgan fingerprint density at radius 2 is 1.90 bits per heavy atom. The van der Waals surface area contributed by atoms with Crippen LogP contribution in [-0.2, 0) is 33.4 Å². The van der Waals surface area contributed by atoms with Crippen LogP contribution in [0.3, 0.4) is 0 Å². The number of carbonyl (C=O) groups is 4. The van der Waals surface area contributed by atoms with Crippen LogP contribution < -0.4 is 5.32 Å². The molecule has 5 rings (SSSR count). The van der Waals surface area contributed by atoms with Crippen LogP contribution in [0.25, 0.3) is 0 Å². The summed E-state index contributed by atoms with van der Waals surface area (Å²) in [6.07, 6.45) is 3.57. The number of nitrogens with zero attached hydrogens (tertiary/aromatic N) is 3. The molecule has 12 heteroatoms. The summed E-state index contributed by atoms with van der Waals surface area (Å²) in [6.45, 7) is 14.8. The average Bonchev–Trinajstić information content (AvgIpc) is 3.75. The van der Waals surface area contributed by atoms with Gasteiger partial charge in [0.05, 0.1) is 49.8 Å². The van der Waals surface area contributed by atoms with E-state index in [2.05, 4.69) is 23.4 Å². The second-order valence-corrected chi connectivity index (χ2v) is 13.3. The van der Waals surface area contributed by atoms with Crippen molar-refractivity contribution < 1.29 is 38.5 Å². The largest absolute Gasteiger partial charge is 0.455 e. The van der Waals surface area contributed by atoms with Crippen LogP contribution in [0.5, 0.6) is 0 Å². The van der Waals surface area contributed by atoms with Gasteiger partial charge in [0.15, 0.2) is 0 Å². The fourth-order valence-corrected chi connectivity index (χ4v) is 7.85. The smallest absolute Gasteiger partial charge is 0.313 e. The Morgan fingerprint density at radius 3 is 2.56 bits per heavy atom. The van der Waals surface area contributed by atoms with Crippen LogP contribution in [0.4, 0.5) is 0 Å². The van der Waals surface area contributed by atoms with Crippen molar-refractivity contribution >= 4 is 23.7 Å². The van der Waals surface area contributed by atoms with Gasteiger partial charge < -0.3 is 34.4 Å². The molecule has 1 aromatic carbocycles. The first kappa shape index (κ1) is 35.7.